The summed E-state index contributed by atoms with van der Waals surface area (Å²) in [5.41, 5.74) is 14.3. The van der Waals surface area contributed by atoms with Crippen molar-refractivity contribution in [3.63, 3.8) is 0 Å². The highest BCUT2D eigenvalue weighted by Crippen LogP contribution is 2.32. The number of aryl methyl sites for hydroxylation is 4. The molecule has 0 bridgehead atoms. The van der Waals surface area contributed by atoms with Gasteiger partial charge in [-0.15, -0.1) is 15.3 Å². The molecule has 0 saturated carbocycles. The molecule has 0 radical (unpaired) electrons. The van der Waals surface area contributed by atoms with Gasteiger partial charge < -0.3 is 16.2 Å². The van der Waals surface area contributed by atoms with Crippen LogP contribution in [-0.4, -0.2) is 84.6 Å². The SMILES string of the molecule is Nc1nc(Nc2ccc3c(c2)CCC(N2CCN(CC(=O)O)CC2)CC3)n(-c2cc3c(nn2)-c2ccccc2CCC3)n1. The predicted molar refractivity (Wildman–Crippen MR) is 165 cm³/mol. The van der Waals surface area contributed by atoms with Gasteiger partial charge >= 0.3 is 5.97 Å². The van der Waals surface area contributed by atoms with Crippen LogP contribution in [0.25, 0.3) is 17.1 Å². The minimum atomic E-state index is -0.749. The van der Waals surface area contributed by atoms with Gasteiger partial charge in [-0.05, 0) is 85.4 Å². The zero-order valence-corrected chi connectivity index (χ0v) is 24.2. The molecule has 1 atom stereocenters. The second kappa shape index (κ2) is 11.7. The van der Waals surface area contributed by atoms with Gasteiger partial charge in [-0.2, -0.15) is 9.67 Å². The normalized spacial score (nSPS) is 19.0. The summed E-state index contributed by atoms with van der Waals surface area (Å²) < 4.78 is 1.64. The van der Waals surface area contributed by atoms with Crippen LogP contribution in [0.3, 0.4) is 0 Å². The maximum atomic E-state index is 11.1. The third-order valence-corrected chi connectivity index (χ3v) is 9.10. The highest BCUT2D eigenvalue weighted by atomic mass is 16.4. The van der Waals surface area contributed by atoms with E-state index in [9.17, 15) is 4.79 Å². The molecule has 1 unspecified atom stereocenters. The second-order valence-corrected chi connectivity index (χ2v) is 11.8. The zero-order valence-electron chi connectivity index (χ0n) is 24.2. The lowest BCUT2D eigenvalue weighted by molar-refractivity contribution is -0.138. The molecule has 0 spiro atoms. The molecule has 1 fully saturated rings. The first-order chi connectivity index (χ1) is 21.0. The topological polar surface area (TPSA) is 138 Å². The number of nitrogen functional groups attached to an aromatic ring is 1. The first-order valence-electron chi connectivity index (χ1n) is 15.2. The quantitative estimate of drug-likeness (QED) is 0.291. The van der Waals surface area contributed by atoms with Gasteiger partial charge in [0, 0.05) is 43.5 Å². The van der Waals surface area contributed by atoms with Crippen molar-refractivity contribution >= 4 is 23.6 Å². The number of rotatable bonds is 6. The van der Waals surface area contributed by atoms with E-state index in [2.05, 4.69) is 79.0 Å². The molecule has 2 aromatic heterocycles. The molecule has 222 valence electrons. The molecule has 11 heteroatoms. The Morgan fingerprint density at radius 1 is 0.907 bits per heavy atom. The number of carbonyl (C=O) groups is 1. The lowest BCUT2D eigenvalue weighted by Gasteiger charge is -2.38. The molecule has 4 N–H and O–H groups in total. The van der Waals surface area contributed by atoms with Crippen molar-refractivity contribution in [3.05, 3.63) is 70.8 Å². The highest BCUT2D eigenvalue weighted by Gasteiger charge is 2.27. The van der Waals surface area contributed by atoms with Crippen molar-refractivity contribution in [2.24, 2.45) is 0 Å². The fourth-order valence-electron chi connectivity index (χ4n) is 6.89. The summed E-state index contributed by atoms with van der Waals surface area (Å²) in [4.78, 5) is 20.1. The molecule has 1 saturated heterocycles. The van der Waals surface area contributed by atoms with Crippen molar-refractivity contribution in [1.82, 2.24) is 34.8 Å². The number of piperazine rings is 1. The molecule has 4 aromatic rings. The maximum absolute atomic E-state index is 11.1. The Hall–Kier alpha value is -4.35. The Balaban J connectivity index is 1.07. The van der Waals surface area contributed by atoms with Gasteiger partial charge in [-0.1, -0.05) is 30.3 Å². The summed E-state index contributed by atoms with van der Waals surface area (Å²) >= 11 is 0. The van der Waals surface area contributed by atoms with Crippen LogP contribution in [0.5, 0.6) is 0 Å². The van der Waals surface area contributed by atoms with Crippen LogP contribution in [0.1, 0.15) is 41.5 Å². The van der Waals surface area contributed by atoms with Crippen LogP contribution in [0.4, 0.5) is 17.6 Å². The molecule has 3 heterocycles. The summed E-state index contributed by atoms with van der Waals surface area (Å²) in [6.07, 6.45) is 7.23. The number of benzene rings is 2. The first kappa shape index (κ1) is 27.5. The minimum Gasteiger partial charge on any atom is -0.480 e. The van der Waals surface area contributed by atoms with E-state index < -0.39 is 5.97 Å². The number of aliphatic carboxylic acids is 1. The summed E-state index contributed by atoms with van der Waals surface area (Å²) in [5, 5.41) is 26.2. The van der Waals surface area contributed by atoms with Gasteiger partial charge in [0.25, 0.3) is 0 Å². The third kappa shape index (κ3) is 5.82. The highest BCUT2D eigenvalue weighted by molar-refractivity contribution is 5.69. The monoisotopic (exact) mass is 579 g/mol. The molecule has 1 aliphatic heterocycles. The fourth-order valence-corrected chi connectivity index (χ4v) is 6.89. The average molecular weight is 580 g/mol. The summed E-state index contributed by atoms with van der Waals surface area (Å²) in [7, 11) is 0. The van der Waals surface area contributed by atoms with E-state index in [1.54, 1.807) is 4.68 Å². The van der Waals surface area contributed by atoms with Gasteiger partial charge in [-0.25, -0.2) is 0 Å². The Morgan fingerprint density at radius 3 is 2.53 bits per heavy atom. The van der Waals surface area contributed by atoms with Crippen molar-refractivity contribution in [1.29, 1.82) is 0 Å². The number of aromatic nitrogens is 5. The van der Waals surface area contributed by atoms with E-state index in [-0.39, 0.29) is 12.5 Å². The molecule has 0 amide bonds. The number of nitrogens with one attached hydrogen (secondary N) is 1. The Bertz CT molecular complexity index is 1640. The lowest BCUT2D eigenvalue weighted by atomic mass is 10.0. The molecular weight excluding hydrogens is 542 g/mol. The summed E-state index contributed by atoms with van der Waals surface area (Å²) in [6, 6.07) is 17.5. The smallest absolute Gasteiger partial charge is 0.317 e. The van der Waals surface area contributed by atoms with Crippen molar-refractivity contribution in [2.45, 2.75) is 51.0 Å². The van der Waals surface area contributed by atoms with Crippen molar-refractivity contribution < 1.29 is 9.90 Å². The van der Waals surface area contributed by atoms with E-state index in [1.165, 1.54) is 16.7 Å². The first-order valence-corrected chi connectivity index (χ1v) is 15.2. The van der Waals surface area contributed by atoms with Crippen molar-refractivity contribution in [3.8, 4) is 17.1 Å². The van der Waals surface area contributed by atoms with E-state index >= 15 is 0 Å². The number of hydrogen-bond acceptors (Lipinski definition) is 9. The number of hydrogen-bond donors (Lipinski definition) is 3. The second-order valence-electron chi connectivity index (χ2n) is 11.8. The van der Waals surface area contributed by atoms with Gasteiger partial charge in [-0.3, -0.25) is 14.6 Å². The van der Waals surface area contributed by atoms with Crippen LogP contribution in [0.15, 0.2) is 48.5 Å². The van der Waals surface area contributed by atoms with E-state index in [1.807, 2.05) is 4.90 Å². The Kier molecular flexibility index (Phi) is 7.50. The van der Waals surface area contributed by atoms with Gasteiger partial charge in [0.1, 0.15) is 0 Å². The standard InChI is InChI=1S/C32H37N9O2/c33-31-35-32(41(38-31)28-19-24-6-3-5-22-4-1-2-7-27(22)30(24)37-36-28)34-25-11-8-21-9-12-26(13-10-23(21)18-25)40-16-14-39(15-17-40)20-29(42)43/h1-2,4,7-8,11,18-19,26H,3,5-6,9-10,12-17,20H2,(H,42,43)(H3,33,34,35,38). The van der Waals surface area contributed by atoms with Gasteiger partial charge in [0.05, 0.1) is 12.2 Å². The Morgan fingerprint density at radius 2 is 1.70 bits per heavy atom. The van der Waals surface area contributed by atoms with Crippen LogP contribution in [0.2, 0.25) is 0 Å². The molecule has 3 aliphatic rings. The fraction of sp³-hybridized carbons (Fsp3) is 0.406. The van der Waals surface area contributed by atoms with Crippen LogP contribution < -0.4 is 11.1 Å². The molecule has 7 rings (SSSR count). The van der Waals surface area contributed by atoms with Crippen molar-refractivity contribution in [2.75, 3.05) is 43.8 Å². The molecule has 2 aliphatic carbocycles. The van der Waals surface area contributed by atoms with Gasteiger partial charge in [0.15, 0.2) is 5.82 Å². The minimum absolute atomic E-state index is 0.132. The molecular formula is C32H37N9O2. The maximum Gasteiger partial charge on any atom is 0.317 e. The zero-order chi connectivity index (χ0) is 29.3. The average Bonchev–Trinajstić information content (AvgIpc) is 3.15. The number of carboxylic acids is 1. The number of anilines is 3. The third-order valence-electron chi connectivity index (χ3n) is 9.10. The van der Waals surface area contributed by atoms with Crippen LogP contribution in [-0.2, 0) is 30.5 Å². The van der Waals surface area contributed by atoms with E-state index in [0.29, 0.717) is 17.8 Å². The van der Waals surface area contributed by atoms with Crippen LogP contribution >= 0.6 is 0 Å². The predicted octanol–water partition coefficient (Wildman–Crippen LogP) is 3.49. The van der Waals surface area contributed by atoms with Crippen LogP contribution in [0, 0.1) is 0 Å². The Labute approximate surface area is 250 Å². The molecule has 11 nitrogen and oxygen atoms in total. The summed E-state index contributed by atoms with van der Waals surface area (Å²) in [6.45, 7) is 3.62. The number of nitrogens with zero attached hydrogens (tertiary/aromatic N) is 7. The van der Waals surface area contributed by atoms with E-state index in [0.717, 1.165) is 93.6 Å². The number of carboxylic acid groups (broad SMARTS) is 1. The number of fused-ring (bicyclic) bond motifs is 4. The number of nitrogens with two attached hydrogens (primary N) is 1. The largest absolute Gasteiger partial charge is 0.480 e. The summed E-state index contributed by atoms with van der Waals surface area (Å²) in [5.74, 6) is 0.517. The molecule has 2 aromatic carbocycles. The molecule has 43 heavy (non-hydrogen) atoms. The van der Waals surface area contributed by atoms with E-state index in [4.69, 9.17) is 10.8 Å². The lowest BCUT2D eigenvalue weighted by Crippen LogP contribution is -2.51. The van der Waals surface area contributed by atoms with Gasteiger partial charge in [0.2, 0.25) is 11.9 Å².